The van der Waals surface area contributed by atoms with E-state index in [0.29, 0.717) is 18.8 Å². The molecule has 0 bridgehead atoms. The Morgan fingerprint density at radius 2 is 2.32 bits per heavy atom. The zero-order valence-corrected chi connectivity index (χ0v) is 12.2. The highest BCUT2D eigenvalue weighted by Gasteiger charge is 2.53. The minimum atomic E-state index is -0.989. The lowest BCUT2D eigenvalue weighted by Crippen LogP contribution is -2.48. The fraction of sp³-hybridized carbons (Fsp3) is 0.500. The third kappa shape index (κ3) is 2.45. The average Bonchev–Trinajstić information content (AvgIpc) is 3.19. The van der Waals surface area contributed by atoms with E-state index in [4.69, 9.17) is 9.15 Å². The van der Waals surface area contributed by atoms with Gasteiger partial charge in [-0.25, -0.2) is 4.79 Å². The number of hydrogen-bond donors (Lipinski definition) is 1. The Hall–Kier alpha value is -2.35. The van der Waals surface area contributed by atoms with Gasteiger partial charge in [0.1, 0.15) is 17.8 Å². The number of nitrogens with one attached hydrogen (secondary N) is 1. The summed E-state index contributed by atoms with van der Waals surface area (Å²) in [6, 6.07) is 2.94. The summed E-state index contributed by atoms with van der Waals surface area (Å²) in [6.45, 7) is 0.573. The molecule has 2 aliphatic heterocycles. The maximum Gasteiger partial charge on any atom is 0.325 e. The molecule has 0 saturated carbocycles. The quantitative estimate of drug-likeness (QED) is 0.787. The Balaban J connectivity index is 1.63. The van der Waals surface area contributed by atoms with Crippen molar-refractivity contribution in [2.24, 2.45) is 0 Å². The number of furan rings is 1. The second kappa shape index (κ2) is 5.45. The summed E-state index contributed by atoms with van der Waals surface area (Å²) in [5, 5.41) is 2.64. The van der Waals surface area contributed by atoms with E-state index in [1.165, 1.54) is 11.2 Å². The highest BCUT2D eigenvalue weighted by atomic mass is 16.5. The van der Waals surface area contributed by atoms with Crippen molar-refractivity contribution in [2.75, 3.05) is 26.8 Å². The average molecular weight is 307 g/mol. The van der Waals surface area contributed by atoms with Crippen LogP contribution in [0.4, 0.5) is 4.79 Å². The molecule has 2 aliphatic rings. The van der Waals surface area contributed by atoms with Crippen LogP contribution in [0.1, 0.15) is 12.2 Å². The van der Waals surface area contributed by atoms with Crippen LogP contribution in [-0.2, 0) is 20.9 Å². The molecule has 1 aromatic heterocycles. The van der Waals surface area contributed by atoms with Crippen LogP contribution in [0.15, 0.2) is 22.8 Å². The van der Waals surface area contributed by atoms with Crippen molar-refractivity contribution in [3.63, 3.8) is 0 Å². The van der Waals surface area contributed by atoms with Crippen molar-refractivity contribution in [3.05, 3.63) is 24.2 Å². The van der Waals surface area contributed by atoms with E-state index in [1.807, 2.05) is 0 Å². The Bertz CT molecular complexity index is 592. The van der Waals surface area contributed by atoms with E-state index < -0.39 is 17.5 Å². The highest BCUT2D eigenvalue weighted by Crippen LogP contribution is 2.26. The molecule has 0 radical (unpaired) electrons. The van der Waals surface area contributed by atoms with Crippen LogP contribution in [0, 0.1) is 0 Å². The number of carbonyl (C=O) groups excluding carboxylic acids is 3. The molecule has 2 fully saturated rings. The van der Waals surface area contributed by atoms with Crippen molar-refractivity contribution in [2.45, 2.75) is 18.5 Å². The molecule has 118 valence electrons. The maximum absolute atomic E-state index is 12.4. The number of nitrogens with zero attached hydrogens (tertiary/aromatic N) is 2. The number of rotatable bonds is 4. The van der Waals surface area contributed by atoms with Gasteiger partial charge in [0, 0.05) is 20.1 Å². The zero-order chi connectivity index (χ0) is 15.7. The molecule has 1 N–H and O–H groups in total. The standard InChI is InChI=1S/C14H17N3O5/c1-16(7-10-3-2-5-22-10)11(18)8-17-12(19)14(15-13(17)20)4-6-21-9-14/h2-3,5H,4,6-9H2,1H3,(H,15,20). The summed E-state index contributed by atoms with van der Waals surface area (Å²) in [5.41, 5.74) is -0.989. The molecule has 1 atom stereocenters. The first kappa shape index (κ1) is 14.6. The van der Waals surface area contributed by atoms with Gasteiger partial charge in [-0.15, -0.1) is 0 Å². The van der Waals surface area contributed by atoms with Gasteiger partial charge in [-0.3, -0.25) is 14.5 Å². The third-order valence-corrected chi connectivity index (χ3v) is 3.96. The van der Waals surface area contributed by atoms with Gasteiger partial charge >= 0.3 is 6.03 Å². The number of carbonyl (C=O) groups is 3. The lowest BCUT2D eigenvalue weighted by atomic mass is 9.99. The van der Waals surface area contributed by atoms with Crippen LogP contribution in [0.5, 0.6) is 0 Å². The normalized spacial score (nSPS) is 24.1. The maximum atomic E-state index is 12.4. The molecule has 2 saturated heterocycles. The van der Waals surface area contributed by atoms with E-state index in [9.17, 15) is 14.4 Å². The number of imide groups is 1. The molecule has 8 heteroatoms. The van der Waals surface area contributed by atoms with Crippen LogP contribution in [0.3, 0.4) is 0 Å². The number of urea groups is 1. The first-order valence-electron chi connectivity index (χ1n) is 7.00. The van der Waals surface area contributed by atoms with Crippen LogP contribution >= 0.6 is 0 Å². The third-order valence-electron chi connectivity index (χ3n) is 3.96. The lowest BCUT2D eigenvalue weighted by molar-refractivity contribution is -0.138. The van der Waals surface area contributed by atoms with Gasteiger partial charge in [-0.1, -0.05) is 0 Å². The molecule has 0 aromatic carbocycles. The van der Waals surface area contributed by atoms with E-state index in [-0.39, 0.29) is 25.6 Å². The largest absolute Gasteiger partial charge is 0.467 e. The molecule has 1 unspecified atom stereocenters. The van der Waals surface area contributed by atoms with Gasteiger partial charge in [0.15, 0.2) is 0 Å². The smallest absolute Gasteiger partial charge is 0.325 e. The first-order chi connectivity index (χ1) is 10.5. The van der Waals surface area contributed by atoms with Gasteiger partial charge in [0.05, 0.1) is 19.4 Å². The van der Waals surface area contributed by atoms with Crippen molar-refractivity contribution >= 4 is 17.8 Å². The molecule has 22 heavy (non-hydrogen) atoms. The number of ether oxygens (including phenoxy) is 1. The molecule has 3 rings (SSSR count). The number of likely N-dealkylation sites (N-methyl/N-ethyl adjacent to an activating group) is 1. The number of amides is 4. The molecule has 1 spiro atoms. The van der Waals surface area contributed by atoms with Crippen LogP contribution in [0.2, 0.25) is 0 Å². The minimum absolute atomic E-state index is 0.157. The van der Waals surface area contributed by atoms with E-state index >= 15 is 0 Å². The van der Waals surface area contributed by atoms with Gasteiger partial charge in [-0.05, 0) is 12.1 Å². The predicted octanol–water partition coefficient (Wildman–Crippen LogP) is -0.0511. The Labute approximate surface area is 127 Å². The fourth-order valence-corrected chi connectivity index (χ4v) is 2.63. The molecule has 8 nitrogen and oxygen atoms in total. The molecule has 4 amide bonds. The summed E-state index contributed by atoms with van der Waals surface area (Å²) in [7, 11) is 1.59. The van der Waals surface area contributed by atoms with Crippen molar-refractivity contribution in [3.8, 4) is 0 Å². The summed E-state index contributed by atoms with van der Waals surface area (Å²) < 4.78 is 10.4. The molecule has 0 aliphatic carbocycles. The SMILES string of the molecule is CN(Cc1ccco1)C(=O)CN1C(=O)NC2(CCOC2)C1=O. The minimum Gasteiger partial charge on any atom is -0.467 e. The summed E-state index contributed by atoms with van der Waals surface area (Å²) in [5.74, 6) is -0.0978. The highest BCUT2D eigenvalue weighted by molar-refractivity contribution is 6.09. The van der Waals surface area contributed by atoms with E-state index in [0.717, 1.165) is 4.90 Å². The molecular formula is C14H17N3O5. The van der Waals surface area contributed by atoms with Crippen LogP contribution < -0.4 is 5.32 Å². The van der Waals surface area contributed by atoms with Crippen molar-refractivity contribution in [1.29, 1.82) is 0 Å². The Kier molecular flexibility index (Phi) is 3.61. The van der Waals surface area contributed by atoms with Gasteiger partial charge in [0.2, 0.25) is 5.91 Å². The first-order valence-corrected chi connectivity index (χ1v) is 7.00. The van der Waals surface area contributed by atoms with Crippen LogP contribution in [-0.4, -0.2) is 60.0 Å². The molecule has 3 heterocycles. The fourth-order valence-electron chi connectivity index (χ4n) is 2.63. The van der Waals surface area contributed by atoms with Crippen molar-refractivity contribution < 1.29 is 23.5 Å². The summed E-state index contributed by atoms with van der Waals surface area (Å²) >= 11 is 0. The van der Waals surface area contributed by atoms with Gasteiger partial charge in [-0.2, -0.15) is 0 Å². The zero-order valence-electron chi connectivity index (χ0n) is 12.2. The summed E-state index contributed by atoms with van der Waals surface area (Å²) in [6.07, 6.45) is 1.96. The van der Waals surface area contributed by atoms with E-state index in [1.54, 1.807) is 19.2 Å². The lowest BCUT2D eigenvalue weighted by Gasteiger charge is -2.20. The predicted molar refractivity (Wildman–Crippen MR) is 73.6 cm³/mol. The topological polar surface area (TPSA) is 92.1 Å². The van der Waals surface area contributed by atoms with Crippen LogP contribution in [0.25, 0.3) is 0 Å². The van der Waals surface area contributed by atoms with Crippen molar-refractivity contribution in [1.82, 2.24) is 15.1 Å². The Morgan fingerprint density at radius 1 is 1.50 bits per heavy atom. The second-order valence-corrected chi connectivity index (χ2v) is 5.54. The monoisotopic (exact) mass is 307 g/mol. The summed E-state index contributed by atoms with van der Waals surface area (Å²) in [4.78, 5) is 38.9. The Morgan fingerprint density at radius 3 is 2.95 bits per heavy atom. The second-order valence-electron chi connectivity index (χ2n) is 5.54. The molecule has 1 aromatic rings. The van der Waals surface area contributed by atoms with Gasteiger partial charge < -0.3 is 19.4 Å². The van der Waals surface area contributed by atoms with E-state index in [2.05, 4.69) is 5.32 Å². The molecular weight excluding hydrogens is 290 g/mol. The van der Waals surface area contributed by atoms with Gasteiger partial charge in [0.25, 0.3) is 5.91 Å². The number of hydrogen-bond acceptors (Lipinski definition) is 5.